The molecule has 0 amide bonds. The lowest BCUT2D eigenvalue weighted by molar-refractivity contribution is -0.141. The van der Waals surface area contributed by atoms with Crippen LogP contribution in [0.15, 0.2) is 17.2 Å². The van der Waals surface area contributed by atoms with Crippen LogP contribution in [0.5, 0.6) is 0 Å². The number of alkyl halides is 3. The maximum atomic E-state index is 11.8. The van der Waals surface area contributed by atoms with Crippen LogP contribution in [0.3, 0.4) is 0 Å². The first-order valence-electron chi connectivity index (χ1n) is 2.60. The summed E-state index contributed by atoms with van der Waals surface area (Å²) in [4.78, 5) is 0. The van der Waals surface area contributed by atoms with Crippen molar-refractivity contribution in [2.45, 2.75) is 11.2 Å². The molecule has 0 bridgehead atoms. The van der Waals surface area contributed by atoms with E-state index in [1.165, 1.54) is 0 Å². The largest absolute Gasteiger partial charge is 0.435 e. The molecule has 1 heterocycles. The molecule has 1 aromatic rings. The molecule has 0 aromatic carbocycles. The average Bonchev–Trinajstić information content (AvgIpc) is 1.86. The Morgan fingerprint density at radius 1 is 1.18 bits per heavy atom. The minimum absolute atomic E-state index is 0.165. The van der Waals surface area contributed by atoms with Crippen molar-refractivity contribution in [1.82, 2.24) is 10.2 Å². The van der Waals surface area contributed by atoms with Gasteiger partial charge < -0.3 is 0 Å². The summed E-state index contributed by atoms with van der Waals surface area (Å²) in [5.41, 5.74) is -1.00. The van der Waals surface area contributed by atoms with E-state index < -0.39 is 11.9 Å². The number of thiol groups is 1. The normalized spacial score (nSPS) is 11.6. The van der Waals surface area contributed by atoms with E-state index in [9.17, 15) is 13.2 Å². The zero-order chi connectivity index (χ0) is 8.48. The van der Waals surface area contributed by atoms with Crippen molar-refractivity contribution in [3.8, 4) is 0 Å². The second kappa shape index (κ2) is 2.69. The Kier molecular flexibility index (Phi) is 2.03. The lowest BCUT2D eigenvalue weighted by atomic mass is 10.4. The van der Waals surface area contributed by atoms with Gasteiger partial charge in [-0.25, -0.2) is 0 Å². The van der Waals surface area contributed by atoms with E-state index in [0.29, 0.717) is 0 Å². The van der Waals surface area contributed by atoms with E-state index in [1.807, 2.05) is 0 Å². The molecular formula is C5H3F3N2S. The van der Waals surface area contributed by atoms with Crippen molar-refractivity contribution in [2.24, 2.45) is 0 Å². The Bertz CT molecular complexity index is 243. The zero-order valence-electron chi connectivity index (χ0n) is 5.13. The van der Waals surface area contributed by atoms with Crippen molar-refractivity contribution in [1.29, 1.82) is 0 Å². The third-order valence-corrected chi connectivity index (χ3v) is 1.18. The van der Waals surface area contributed by atoms with Crippen LogP contribution in [0.1, 0.15) is 5.69 Å². The number of hydrogen-bond donors (Lipinski definition) is 1. The molecule has 1 rings (SSSR count). The monoisotopic (exact) mass is 180 g/mol. The Labute approximate surface area is 65.9 Å². The average molecular weight is 180 g/mol. The summed E-state index contributed by atoms with van der Waals surface area (Å²) in [5.74, 6) is 0. The van der Waals surface area contributed by atoms with E-state index >= 15 is 0 Å². The number of aromatic nitrogens is 2. The van der Waals surface area contributed by atoms with Gasteiger partial charge in [0.1, 0.15) is 5.03 Å². The molecule has 6 heteroatoms. The topological polar surface area (TPSA) is 25.8 Å². The molecule has 0 N–H and O–H groups in total. The molecule has 0 aliphatic carbocycles. The molecule has 0 aliphatic rings. The second-order valence-electron chi connectivity index (χ2n) is 1.77. The summed E-state index contributed by atoms with van der Waals surface area (Å²) in [7, 11) is 0. The Morgan fingerprint density at radius 2 is 1.82 bits per heavy atom. The van der Waals surface area contributed by atoms with Crippen LogP contribution in [-0.4, -0.2) is 10.2 Å². The summed E-state index contributed by atoms with van der Waals surface area (Å²) in [6.07, 6.45) is -4.42. The third-order valence-electron chi connectivity index (χ3n) is 0.941. The molecule has 11 heavy (non-hydrogen) atoms. The highest BCUT2D eigenvalue weighted by atomic mass is 32.1. The Hall–Kier alpha value is -0.780. The minimum Gasteiger partial charge on any atom is -0.164 e. The van der Waals surface area contributed by atoms with E-state index in [-0.39, 0.29) is 5.03 Å². The predicted octanol–water partition coefficient (Wildman–Crippen LogP) is 1.78. The first-order valence-corrected chi connectivity index (χ1v) is 3.05. The van der Waals surface area contributed by atoms with Crippen molar-refractivity contribution in [3.63, 3.8) is 0 Å². The van der Waals surface area contributed by atoms with Gasteiger partial charge >= 0.3 is 6.18 Å². The van der Waals surface area contributed by atoms with Crippen molar-refractivity contribution < 1.29 is 13.2 Å². The number of halogens is 3. The highest BCUT2D eigenvalue weighted by Crippen LogP contribution is 2.26. The zero-order valence-corrected chi connectivity index (χ0v) is 6.02. The second-order valence-corrected chi connectivity index (χ2v) is 2.23. The van der Waals surface area contributed by atoms with Gasteiger partial charge in [-0.05, 0) is 12.1 Å². The first kappa shape index (κ1) is 8.32. The van der Waals surface area contributed by atoms with Gasteiger partial charge in [0.05, 0.1) is 0 Å². The molecule has 0 fully saturated rings. The highest BCUT2D eigenvalue weighted by Gasteiger charge is 2.32. The first-order chi connectivity index (χ1) is 5.00. The lowest BCUT2D eigenvalue weighted by Crippen LogP contribution is -2.08. The van der Waals surface area contributed by atoms with Crippen molar-refractivity contribution in [3.05, 3.63) is 17.8 Å². The van der Waals surface area contributed by atoms with Gasteiger partial charge in [0.25, 0.3) is 0 Å². The molecule has 1 aromatic heterocycles. The molecular weight excluding hydrogens is 177 g/mol. The number of nitrogens with zero attached hydrogens (tertiary/aromatic N) is 2. The summed E-state index contributed by atoms with van der Waals surface area (Å²) >= 11 is 3.69. The van der Waals surface area contributed by atoms with E-state index in [1.54, 1.807) is 0 Å². The van der Waals surface area contributed by atoms with Gasteiger partial charge in [-0.1, -0.05) is 0 Å². The lowest BCUT2D eigenvalue weighted by Gasteiger charge is -2.02. The fourth-order valence-electron chi connectivity index (χ4n) is 0.476. The third kappa shape index (κ3) is 2.07. The quantitative estimate of drug-likeness (QED) is 0.616. The van der Waals surface area contributed by atoms with E-state index in [2.05, 4.69) is 22.8 Å². The summed E-state index contributed by atoms with van der Waals surface area (Å²) in [5, 5.41) is 6.20. The molecule has 0 aliphatic heterocycles. The van der Waals surface area contributed by atoms with Crippen LogP contribution in [0.4, 0.5) is 13.2 Å². The maximum absolute atomic E-state index is 11.8. The molecule has 60 valence electrons. The van der Waals surface area contributed by atoms with E-state index in [4.69, 9.17) is 0 Å². The van der Waals surface area contributed by atoms with Gasteiger partial charge in [-0.15, -0.1) is 22.8 Å². The molecule has 2 nitrogen and oxygen atoms in total. The molecule has 0 radical (unpaired) electrons. The van der Waals surface area contributed by atoms with Crippen LogP contribution in [0.2, 0.25) is 0 Å². The summed E-state index contributed by atoms with van der Waals surface area (Å²) < 4.78 is 35.4. The van der Waals surface area contributed by atoms with E-state index in [0.717, 1.165) is 12.1 Å². The van der Waals surface area contributed by atoms with Gasteiger partial charge in [-0.3, -0.25) is 0 Å². The van der Waals surface area contributed by atoms with Crippen LogP contribution < -0.4 is 0 Å². The van der Waals surface area contributed by atoms with Crippen LogP contribution >= 0.6 is 12.6 Å². The SMILES string of the molecule is FC(F)(F)c1ccc(S)nn1. The fourth-order valence-corrected chi connectivity index (χ4v) is 0.596. The Balaban J connectivity index is 2.99. The van der Waals surface area contributed by atoms with Gasteiger partial charge in [0, 0.05) is 0 Å². The Morgan fingerprint density at radius 3 is 2.18 bits per heavy atom. The maximum Gasteiger partial charge on any atom is 0.435 e. The molecule has 0 spiro atoms. The molecule has 0 atom stereocenters. The standard InChI is InChI=1S/C5H3F3N2S/c6-5(7,8)3-1-2-4(11)10-9-3/h1-2H,(H,10,11). The van der Waals surface area contributed by atoms with Crippen LogP contribution in [0.25, 0.3) is 0 Å². The van der Waals surface area contributed by atoms with Crippen molar-refractivity contribution in [2.75, 3.05) is 0 Å². The van der Waals surface area contributed by atoms with Gasteiger partial charge in [0.2, 0.25) is 0 Å². The molecule has 0 unspecified atom stereocenters. The van der Waals surface area contributed by atoms with Crippen LogP contribution in [0, 0.1) is 0 Å². The van der Waals surface area contributed by atoms with Crippen molar-refractivity contribution >= 4 is 12.6 Å². The minimum atomic E-state index is -4.42. The van der Waals surface area contributed by atoms with Gasteiger partial charge in [-0.2, -0.15) is 13.2 Å². The fraction of sp³-hybridized carbons (Fsp3) is 0.200. The molecule has 0 saturated carbocycles. The number of rotatable bonds is 0. The summed E-state index contributed by atoms with van der Waals surface area (Å²) in [6, 6.07) is 1.97. The highest BCUT2D eigenvalue weighted by molar-refractivity contribution is 7.80. The number of hydrogen-bond acceptors (Lipinski definition) is 3. The molecule has 0 saturated heterocycles. The van der Waals surface area contributed by atoms with Gasteiger partial charge in [0.15, 0.2) is 5.69 Å². The van der Waals surface area contributed by atoms with Crippen LogP contribution in [-0.2, 0) is 6.18 Å². The predicted molar refractivity (Wildman–Crippen MR) is 34.3 cm³/mol. The smallest absolute Gasteiger partial charge is 0.164 e. The summed E-state index contributed by atoms with van der Waals surface area (Å²) in [6.45, 7) is 0.